The summed E-state index contributed by atoms with van der Waals surface area (Å²) in [6, 6.07) is -1.53. The van der Waals surface area contributed by atoms with Crippen LogP contribution in [-0.4, -0.2) is 93.6 Å². The first kappa shape index (κ1) is 30.4. The molecule has 0 aromatic carbocycles. The van der Waals surface area contributed by atoms with E-state index in [1.807, 2.05) is 34.6 Å². The lowest BCUT2D eigenvalue weighted by molar-refractivity contribution is -0.159. The highest BCUT2D eigenvalue weighted by Crippen LogP contribution is 2.66. The Morgan fingerprint density at radius 1 is 1.21 bits per heavy atom. The highest BCUT2D eigenvalue weighted by molar-refractivity contribution is 5.99. The molecule has 1 spiro atoms. The van der Waals surface area contributed by atoms with Gasteiger partial charge in [-0.2, -0.15) is 0 Å². The van der Waals surface area contributed by atoms with Gasteiger partial charge in [0.05, 0.1) is 30.1 Å². The molecular formula is C30H49N3O5. The van der Waals surface area contributed by atoms with E-state index in [1.54, 1.807) is 33.9 Å². The Morgan fingerprint density at radius 2 is 1.84 bits per heavy atom. The number of likely N-dealkylation sites (tertiary alicyclic amines) is 1. The highest BCUT2D eigenvalue weighted by Gasteiger charge is 2.80. The Bertz CT molecular complexity index is 939. The topological polar surface area (TPSA) is 90.4 Å². The molecule has 2 bridgehead atoms. The molecule has 3 aliphatic rings. The van der Waals surface area contributed by atoms with Gasteiger partial charge in [-0.1, -0.05) is 52.7 Å². The second kappa shape index (κ2) is 11.5. The number of ether oxygens (including phenoxy) is 1. The lowest BCUT2D eigenvalue weighted by Crippen LogP contribution is -2.61. The number of rotatable bonds is 13. The molecular weight excluding hydrogens is 482 g/mol. The normalized spacial score (nSPS) is 34.0. The van der Waals surface area contributed by atoms with E-state index in [0.29, 0.717) is 19.5 Å². The summed E-state index contributed by atoms with van der Waals surface area (Å²) in [7, 11) is 1.71. The van der Waals surface area contributed by atoms with E-state index in [-0.39, 0.29) is 42.2 Å². The summed E-state index contributed by atoms with van der Waals surface area (Å²) in [4.78, 5) is 48.0. The predicted octanol–water partition coefficient (Wildman–Crippen LogP) is 3.25. The zero-order valence-electron chi connectivity index (χ0n) is 24.5. The van der Waals surface area contributed by atoms with Crippen molar-refractivity contribution < 1.29 is 24.2 Å². The van der Waals surface area contributed by atoms with Crippen molar-refractivity contribution in [2.45, 2.75) is 96.6 Å². The van der Waals surface area contributed by atoms with Crippen LogP contribution in [0.25, 0.3) is 0 Å². The van der Waals surface area contributed by atoms with Crippen LogP contribution in [0.4, 0.5) is 0 Å². The molecule has 0 saturated carbocycles. The predicted molar refractivity (Wildman–Crippen MR) is 148 cm³/mol. The first-order chi connectivity index (χ1) is 17.9. The van der Waals surface area contributed by atoms with Gasteiger partial charge >= 0.3 is 0 Å². The fourth-order valence-electron chi connectivity index (χ4n) is 7.38. The summed E-state index contributed by atoms with van der Waals surface area (Å²) in [5, 5.41) is 10.5. The summed E-state index contributed by atoms with van der Waals surface area (Å²) >= 11 is 0. The second-order valence-electron chi connectivity index (χ2n) is 12.0. The van der Waals surface area contributed by atoms with Crippen molar-refractivity contribution in [3.8, 4) is 0 Å². The lowest BCUT2D eigenvalue weighted by Gasteiger charge is -2.42. The minimum Gasteiger partial charge on any atom is -0.394 e. The van der Waals surface area contributed by atoms with Crippen LogP contribution < -0.4 is 0 Å². The van der Waals surface area contributed by atoms with Gasteiger partial charge in [-0.3, -0.25) is 14.4 Å². The van der Waals surface area contributed by atoms with E-state index in [9.17, 15) is 19.5 Å². The van der Waals surface area contributed by atoms with Gasteiger partial charge in [-0.25, -0.2) is 0 Å². The minimum atomic E-state index is -1.14. The lowest BCUT2D eigenvalue weighted by atomic mass is 9.62. The summed E-state index contributed by atoms with van der Waals surface area (Å²) in [5.74, 6) is -2.21. The van der Waals surface area contributed by atoms with Gasteiger partial charge in [0.1, 0.15) is 11.6 Å². The summed E-state index contributed by atoms with van der Waals surface area (Å²) in [5.41, 5.74) is -2.01. The van der Waals surface area contributed by atoms with E-state index in [0.717, 1.165) is 19.3 Å². The van der Waals surface area contributed by atoms with Crippen LogP contribution in [0.2, 0.25) is 0 Å². The quantitative estimate of drug-likeness (QED) is 0.369. The molecule has 1 N–H and O–H groups in total. The average Bonchev–Trinajstić information content (AvgIpc) is 3.39. The molecule has 0 aliphatic carbocycles. The zero-order valence-corrected chi connectivity index (χ0v) is 24.5. The van der Waals surface area contributed by atoms with Crippen LogP contribution in [-0.2, 0) is 19.1 Å². The SMILES string of the molecule is C=CCN(C)C(=O)[C@@H]1[C@H]2C(=O)N([C@@H](CO)[C@@H](C)CC)C(C(=O)N(CC=C)C(C)CCC)C23CC(C)[C@@]1(C)O3. The van der Waals surface area contributed by atoms with Gasteiger partial charge in [0.25, 0.3) is 0 Å². The molecule has 3 fully saturated rings. The summed E-state index contributed by atoms with van der Waals surface area (Å²) in [6.07, 6.45) is 6.34. The molecule has 0 radical (unpaired) electrons. The Hall–Kier alpha value is -2.19. The number of carbonyl (C=O) groups is 3. The standard InChI is InChI=1S/C30H49N3O5/c1-10-14-21(7)32(16-12-3)28(37)25-30-17-20(6)29(8,38-30)23(26(35)31(9)15-11-2)24(30)27(36)33(25)22(18-34)19(5)13-4/h11-12,19-25,34H,2-3,10,13-18H2,1,4-9H3/t19-,20?,21?,22-,23-,24-,25?,29+,30?/m0/s1. The zero-order chi connectivity index (χ0) is 28.6. The summed E-state index contributed by atoms with van der Waals surface area (Å²) in [6.45, 7) is 20.2. The number of hydrogen-bond donors (Lipinski definition) is 1. The third-order valence-electron chi connectivity index (χ3n) is 9.72. The number of nitrogens with zero attached hydrogens (tertiary/aromatic N) is 3. The largest absolute Gasteiger partial charge is 0.394 e. The number of fused-ring (bicyclic) bond motifs is 1. The Morgan fingerprint density at radius 3 is 2.37 bits per heavy atom. The number of hydrogen-bond acceptors (Lipinski definition) is 5. The van der Waals surface area contributed by atoms with Crippen molar-refractivity contribution in [1.82, 2.24) is 14.7 Å². The molecule has 9 atom stereocenters. The third-order valence-corrected chi connectivity index (χ3v) is 9.72. The van der Waals surface area contributed by atoms with E-state index in [4.69, 9.17) is 4.74 Å². The number of amides is 3. The molecule has 3 rings (SSSR count). The maximum absolute atomic E-state index is 14.6. The minimum absolute atomic E-state index is 0.0371. The van der Waals surface area contributed by atoms with Crippen molar-refractivity contribution in [1.29, 1.82) is 0 Å². The monoisotopic (exact) mass is 531 g/mol. The van der Waals surface area contributed by atoms with Gasteiger partial charge in [-0.05, 0) is 38.5 Å². The first-order valence-electron chi connectivity index (χ1n) is 14.3. The van der Waals surface area contributed by atoms with Crippen molar-refractivity contribution in [3.05, 3.63) is 25.3 Å². The van der Waals surface area contributed by atoms with E-state index in [1.165, 1.54) is 0 Å². The Labute approximate surface area is 229 Å². The van der Waals surface area contributed by atoms with Gasteiger partial charge in [-0.15, -0.1) is 13.2 Å². The molecule has 3 heterocycles. The van der Waals surface area contributed by atoms with Crippen LogP contribution in [0.15, 0.2) is 25.3 Å². The van der Waals surface area contributed by atoms with E-state index < -0.39 is 35.1 Å². The van der Waals surface area contributed by atoms with E-state index in [2.05, 4.69) is 20.1 Å². The summed E-state index contributed by atoms with van der Waals surface area (Å²) < 4.78 is 6.87. The molecule has 8 heteroatoms. The Kier molecular flexibility index (Phi) is 9.19. The molecule has 38 heavy (non-hydrogen) atoms. The maximum atomic E-state index is 14.6. The molecule has 214 valence electrons. The second-order valence-corrected chi connectivity index (χ2v) is 12.0. The van der Waals surface area contributed by atoms with Crippen molar-refractivity contribution in [2.75, 3.05) is 26.7 Å². The van der Waals surface area contributed by atoms with Crippen LogP contribution in [0.3, 0.4) is 0 Å². The molecule has 3 amide bonds. The van der Waals surface area contributed by atoms with Crippen molar-refractivity contribution >= 4 is 17.7 Å². The molecule has 0 aromatic heterocycles. The van der Waals surface area contributed by atoms with Crippen LogP contribution in [0.1, 0.15) is 67.2 Å². The fraction of sp³-hybridized carbons (Fsp3) is 0.767. The smallest absolute Gasteiger partial charge is 0.248 e. The van der Waals surface area contributed by atoms with Gasteiger partial charge in [0, 0.05) is 26.2 Å². The van der Waals surface area contributed by atoms with Crippen LogP contribution in [0.5, 0.6) is 0 Å². The van der Waals surface area contributed by atoms with E-state index >= 15 is 0 Å². The van der Waals surface area contributed by atoms with Gasteiger partial charge < -0.3 is 24.5 Å². The molecule has 3 aliphatic heterocycles. The fourth-order valence-corrected chi connectivity index (χ4v) is 7.38. The number of aliphatic hydroxyl groups is 1. The van der Waals surface area contributed by atoms with Crippen molar-refractivity contribution in [2.24, 2.45) is 23.7 Å². The number of carbonyl (C=O) groups excluding carboxylic acids is 3. The number of aliphatic hydroxyl groups excluding tert-OH is 1. The van der Waals surface area contributed by atoms with Crippen LogP contribution in [0, 0.1) is 23.7 Å². The third kappa shape index (κ3) is 4.51. The maximum Gasteiger partial charge on any atom is 0.248 e. The molecule has 8 nitrogen and oxygen atoms in total. The molecule has 0 aromatic rings. The van der Waals surface area contributed by atoms with Gasteiger partial charge in [0.15, 0.2) is 0 Å². The van der Waals surface area contributed by atoms with Gasteiger partial charge in [0.2, 0.25) is 17.7 Å². The molecule has 3 saturated heterocycles. The van der Waals surface area contributed by atoms with Crippen LogP contribution >= 0.6 is 0 Å². The first-order valence-corrected chi connectivity index (χ1v) is 14.3. The highest BCUT2D eigenvalue weighted by atomic mass is 16.5. The molecule has 4 unspecified atom stereocenters. The Balaban J connectivity index is 2.22. The number of likely N-dealkylation sites (N-methyl/N-ethyl adjacent to an activating group) is 1. The van der Waals surface area contributed by atoms with Crippen molar-refractivity contribution in [3.63, 3.8) is 0 Å². The average molecular weight is 532 g/mol.